The van der Waals surface area contributed by atoms with E-state index in [-0.39, 0.29) is 5.91 Å². The summed E-state index contributed by atoms with van der Waals surface area (Å²) in [5.41, 5.74) is 4.97. The number of amides is 1. The summed E-state index contributed by atoms with van der Waals surface area (Å²) in [4.78, 5) is 12.4. The number of nitrogens with one attached hydrogen (secondary N) is 1. The van der Waals surface area contributed by atoms with Crippen molar-refractivity contribution in [1.29, 1.82) is 0 Å². The van der Waals surface area contributed by atoms with Gasteiger partial charge in [-0.15, -0.1) is 0 Å². The monoisotopic (exact) mass is 410 g/mol. The average Bonchev–Trinajstić information content (AvgIpc) is 2.84. The molecule has 0 spiro atoms. The van der Waals surface area contributed by atoms with E-state index in [1.807, 2.05) is 66.7 Å². The summed E-state index contributed by atoms with van der Waals surface area (Å²) < 4.78 is 11.2. The van der Waals surface area contributed by atoms with Gasteiger partial charge in [0.15, 0.2) is 0 Å². The number of carbonyl (C=O) groups excluding carboxylic acids is 1. The number of ether oxygens (including phenoxy) is 2. The van der Waals surface area contributed by atoms with Gasteiger partial charge in [-0.1, -0.05) is 60.7 Å². The average molecular weight is 410 g/mol. The van der Waals surface area contributed by atoms with E-state index in [9.17, 15) is 4.79 Å². The summed E-state index contributed by atoms with van der Waals surface area (Å²) >= 11 is 0. The van der Waals surface area contributed by atoms with E-state index < -0.39 is 0 Å². The molecular weight excluding hydrogens is 388 g/mol. The molecule has 0 bridgehead atoms. The molecule has 0 aliphatic carbocycles. The third kappa shape index (κ3) is 4.90. The number of fused-ring (bicyclic) bond motifs is 1. The van der Waals surface area contributed by atoms with Crippen molar-refractivity contribution in [2.75, 3.05) is 7.11 Å². The number of hydrogen-bond donors (Lipinski definition) is 1. The van der Waals surface area contributed by atoms with Gasteiger partial charge in [0.25, 0.3) is 5.91 Å². The molecule has 1 N–H and O–H groups in total. The number of benzene rings is 4. The Balaban J connectivity index is 1.56. The Bertz CT molecular complexity index is 1200. The van der Waals surface area contributed by atoms with Crippen LogP contribution in [0.2, 0.25) is 0 Å². The highest BCUT2D eigenvalue weighted by atomic mass is 16.5. The fourth-order valence-corrected chi connectivity index (χ4v) is 3.23. The van der Waals surface area contributed by atoms with Gasteiger partial charge < -0.3 is 9.47 Å². The summed E-state index contributed by atoms with van der Waals surface area (Å²) in [6, 6.07) is 28.8. The van der Waals surface area contributed by atoms with Crippen LogP contribution < -0.4 is 14.9 Å². The molecule has 154 valence electrons. The molecule has 0 saturated heterocycles. The van der Waals surface area contributed by atoms with E-state index >= 15 is 0 Å². The van der Waals surface area contributed by atoms with Gasteiger partial charge in [0.05, 0.1) is 13.3 Å². The number of hydrazone groups is 1. The van der Waals surface area contributed by atoms with Gasteiger partial charge in [-0.3, -0.25) is 4.79 Å². The SMILES string of the molecule is COc1ccc(C(=O)N/N=C\c2c(OCc3ccccc3)ccc3ccccc23)cc1. The maximum absolute atomic E-state index is 12.4. The fraction of sp³-hybridized carbons (Fsp3) is 0.0769. The first-order valence-corrected chi connectivity index (χ1v) is 9.90. The van der Waals surface area contributed by atoms with Crippen molar-refractivity contribution >= 4 is 22.9 Å². The van der Waals surface area contributed by atoms with E-state index in [4.69, 9.17) is 9.47 Å². The Hall–Kier alpha value is -4.12. The van der Waals surface area contributed by atoms with Crippen LogP contribution in [0.3, 0.4) is 0 Å². The molecule has 0 atom stereocenters. The van der Waals surface area contributed by atoms with Crippen molar-refractivity contribution in [1.82, 2.24) is 5.43 Å². The molecule has 0 aliphatic heterocycles. The quantitative estimate of drug-likeness (QED) is 0.337. The van der Waals surface area contributed by atoms with E-state index in [0.717, 1.165) is 21.9 Å². The number of carbonyl (C=O) groups is 1. The van der Waals surface area contributed by atoms with Crippen LogP contribution in [0.15, 0.2) is 96.1 Å². The van der Waals surface area contributed by atoms with Gasteiger partial charge in [-0.2, -0.15) is 5.10 Å². The third-order valence-electron chi connectivity index (χ3n) is 4.88. The van der Waals surface area contributed by atoms with Crippen LogP contribution in [0.25, 0.3) is 10.8 Å². The summed E-state index contributed by atoms with van der Waals surface area (Å²) in [6.07, 6.45) is 1.63. The van der Waals surface area contributed by atoms with Crippen LogP contribution in [0.5, 0.6) is 11.5 Å². The smallest absolute Gasteiger partial charge is 0.271 e. The van der Waals surface area contributed by atoms with Gasteiger partial charge in [-0.05, 0) is 46.7 Å². The first-order chi connectivity index (χ1) is 15.2. The van der Waals surface area contributed by atoms with Gasteiger partial charge in [0.2, 0.25) is 0 Å². The second-order valence-electron chi connectivity index (χ2n) is 6.90. The molecule has 5 nitrogen and oxygen atoms in total. The second kappa shape index (κ2) is 9.59. The van der Waals surface area contributed by atoms with Gasteiger partial charge in [-0.25, -0.2) is 5.43 Å². The highest BCUT2D eigenvalue weighted by molar-refractivity contribution is 6.03. The molecule has 0 radical (unpaired) electrons. The molecule has 5 heteroatoms. The lowest BCUT2D eigenvalue weighted by atomic mass is 10.0. The lowest BCUT2D eigenvalue weighted by Gasteiger charge is -2.12. The predicted octanol–water partition coefficient (Wildman–Crippen LogP) is 5.19. The van der Waals surface area contributed by atoms with Crippen LogP contribution in [-0.4, -0.2) is 19.2 Å². The summed E-state index contributed by atoms with van der Waals surface area (Å²) in [5.74, 6) is 1.09. The minimum Gasteiger partial charge on any atom is -0.497 e. The maximum Gasteiger partial charge on any atom is 0.271 e. The van der Waals surface area contributed by atoms with Crippen molar-refractivity contribution in [3.05, 3.63) is 108 Å². The van der Waals surface area contributed by atoms with Gasteiger partial charge in [0.1, 0.15) is 18.1 Å². The molecule has 31 heavy (non-hydrogen) atoms. The Morgan fingerprint density at radius 3 is 2.42 bits per heavy atom. The van der Waals surface area contributed by atoms with Crippen LogP contribution in [0.1, 0.15) is 21.5 Å². The number of rotatable bonds is 7. The number of methoxy groups -OCH3 is 1. The van der Waals surface area contributed by atoms with E-state index in [2.05, 4.69) is 10.5 Å². The lowest BCUT2D eigenvalue weighted by Crippen LogP contribution is -2.17. The van der Waals surface area contributed by atoms with Gasteiger partial charge in [0, 0.05) is 11.1 Å². The zero-order valence-corrected chi connectivity index (χ0v) is 17.1. The number of nitrogens with zero attached hydrogens (tertiary/aromatic N) is 1. The minimum atomic E-state index is -0.300. The van der Waals surface area contributed by atoms with E-state index in [1.165, 1.54) is 0 Å². The Morgan fingerprint density at radius 2 is 1.65 bits per heavy atom. The zero-order chi connectivity index (χ0) is 21.5. The van der Waals surface area contributed by atoms with Crippen LogP contribution in [-0.2, 0) is 6.61 Å². The topological polar surface area (TPSA) is 59.9 Å². The van der Waals surface area contributed by atoms with E-state index in [0.29, 0.717) is 23.7 Å². The van der Waals surface area contributed by atoms with Gasteiger partial charge >= 0.3 is 0 Å². The number of hydrogen-bond acceptors (Lipinski definition) is 4. The lowest BCUT2D eigenvalue weighted by molar-refractivity contribution is 0.0955. The first-order valence-electron chi connectivity index (χ1n) is 9.90. The van der Waals surface area contributed by atoms with Crippen LogP contribution in [0.4, 0.5) is 0 Å². The largest absolute Gasteiger partial charge is 0.497 e. The molecule has 0 aromatic heterocycles. The van der Waals surface area contributed by atoms with Crippen molar-refractivity contribution in [3.63, 3.8) is 0 Å². The van der Waals surface area contributed by atoms with Crippen molar-refractivity contribution in [3.8, 4) is 11.5 Å². The molecule has 4 aromatic carbocycles. The summed E-state index contributed by atoms with van der Waals surface area (Å²) in [5, 5.41) is 6.25. The highest BCUT2D eigenvalue weighted by Crippen LogP contribution is 2.27. The maximum atomic E-state index is 12.4. The fourth-order valence-electron chi connectivity index (χ4n) is 3.23. The Labute approximate surface area is 180 Å². The molecule has 0 fully saturated rings. The van der Waals surface area contributed by atoms with Crippen molar-refractivity contribution < 1.29 is 14.3 Å². The molecule has 0 unspecified atom stereocenters. The molecule has 0 saturated carbocycles. The molecule has 4 rings (SSSR count). The minimum absolute atomic E-state index is 0.300. The zero-order valence-electron chi connectivity index (χ0n) is 17.1. The van der Waals surface area contributed by atoms with E-state index in [1.54, 1.807) is 37.6 Å². The Morgan fingerprint density at radius 1 is 0.903 bits per heavy atom. The third-order valence-corrected chi connectivity index (χ3v) is 4.88. The second-order valence-corrected chi connectivity index (χ2v) is 6.90. The molecular formula is C26H22N2O3. The first kappa shape index (κ1) is 20.2. The van der Waals surface area contributed by atoms with Crippen molar-refractivity contribution in [2.45, 2.75) is 6.61 Å². The molecule has 1 amide bonds. The molecule has 4 aromatic rings. The molecule has 0 aliphatic rings. The normalized spacial score (nSPS) is 10.9. The highest BCUT2D eigenvalue weighted by Gasteiger charge is 2.09. The summed E-state index contributed by atoms with van der Waals surface area (Å²) in [7, 11) is 1.58. The van der Waals surface area contributed by atoms with Crippen LogP contribution in [0, 0.1) is 0 Å². The standard InChI is InChI=1S/C26H22N2O3/c1-30-22-14-11-21(12-15-22)26(29)28-27-17-24-23-10-6-5-9-20(23)13-16-25(24)31-18-19-7-3-2-4-8-19/h2-17H,18H2,1H3,(H,28,29)/b27-17-. The van der Waals surface area contributed by atoms with Crippen molar-refractivity contribution in [2.24, 2.45) is 5.10 Å². The summed E-state index contributed by atoms with van der Waals surface area (Å²) in [6.45, 7) is 0.443. The van der Waals surface area contributed by atoms with Crippen LogP contribution >= 0.6 is 0 Å². The predicted molar refractivity (Wildman–Crippen MR) is 123 cm³/mol. The Kier molecular flexibility index (Phi) is 6.24. The molecule has 0 heterocycles.